The first-order valence-corrected chi connectivity index (χ1v) is 9.27. The molecular weight excluding hydrogens is 397 g/mol. The number of allylic oxidation sites excluding steroid dienone is 2. The Bertz CT molecular complexity index is 597. The van der Waals surface area contributed by atoms with Gasteiger partial charge in [0, 0.05) is 5.92 Å². The second kappa shape index (κ2) is 11.5. The second-order valence-electron chi connectivity index (χ2n) is 5.79. The average Bonchev–Trinajstić information content (AvgIpc) is 2.60. The summed E-state index contributed by atoms with van der Waals surface area (Å²) in [5, 5.41) is 2.73. The van der Waals surface area contributed by atoms with Gasteiger partial charge >= 0.3 is 0 Å². The smallest absolute Gasteiger partial charge is 0.272 e. The van der Waals surface area contributed by atoms with Crippen molar-refractivity contribution >= 4 is 40.7 Å². The lowest BCUT2D eigenvalue weighted by atomic mass is 10.0. The molecule has 0 radical (unpaired) electrons. The van der Waals surface area contributed by atoms with Gasteiger partial charge in [0.25, 0.3) is 9.70 Å². The molecule has 0 aliphatic rings. The minimum Gasteiger partial charge on any atom is -0.497 e. The fourth-order valence-corrected chi connectivity index (χ4v) is 2.29. The molecule has 0 fully saturated rings. The number of alkyl halides is 3. The summed E-state index contributed by atoms with van der Waals surface area (Å²) in [6.07, 6.45) is 6.20. The molecule has 1 aromatic carbocycles. The van der Waals surface area contributed by atoms with Crippen LogP contribution in [0.5, 0.6) is 5.75 Å². The molecule has 1 amide bonds. The molecule has 0 bridgehead atoms. The zero-order valence-electron chi connectivity index (χ0n) is 14.9. The Morgan fingerprint density at radius 3 is 2.50 bits per heavy atom. The number of amides is 1. The van der Waals surface area contributed by atoms with Crippen LogP contribution < -0.4 is 10.1 Å². The van der Waals surface area contributed by atoms with E-state index in [0.717, 1.165) is 11.3 Å². The van der Waals surface area contributed by atoms with Crippen LogP contribution in [0.4, 0.5) is 0 Å². The molecule has 0 spiro atoms. The van der Waals surface area contributed by atoms with Crippen LogP contribution in [0.2, 0.25) is 0 Å². The topological polar surface area (TPSA) is 47.6 Å². The van der Waals surface area contributed by atoms with Crippen molar-refractivity contribution in [3.8, 4) is 5.75 Å². The van der Waals surface area contributed by atoms with Crippen LogP contribution in [0.1, 0.15) is 18.9 Å². The van der Waals surface area contributed by atoms with Gasteiger partial charge in [-0.1, -0.05) is 72.1 Å². The van der Waals surface area contributed by atoms with Gasteiger partial charge in [-0.25, -0.2) is 0 Å². The van der Waals surface area contributed by atoms with Gasteiger partial charge in [-0.3, -0.25) is 4.79 Å². The monoisotopic (exact) mass is 419 g/mol. The molecule has 1 N–H and O–H groups in total. The fraction of sp³-hybridized carbons (Fsp3) is 0.421. The van der Waals surface area contributed by atoms with Crippen LogP contribution in [0, 0.1) is 5.92 Å². The molecule has 0 aromatic heterocycles. The van der Waals surface area contributed by atoms with Gasteiger partial charge in [0.2, 0.25) is 0 Å². The first-order valence-electron chi connectivity index (χ1n) is 8.13. The van der Waals surface area contributed by atoms with Crippen LogP contribution in [0.3, 0.4) is 0 Å². The zero-order valence-corrected chi connectivity index (χ0v) is 17.2. The number of methoxy groups -OCH3 is 1. The van der Waals surface area contributed by atoms with E-state index in [0.29, 0.717) is 19.6 Å². The zero-order chi connectivity index (χ0) is 19.6. The molecule has 0 heterocycles. The average molecular weight is 421 g/mol. The summed E-state index contributed by atoms with van der Waals surface area (Å²) in [5.41, 5.74) is 1.03. The summed E-state index contributed by atoms with van der Waals surface area (Å²) in [6, 6.07) is 7.31. The number of carbonyl (C=O) groups is 1. The number of rotatable bonds is 10. The fourth-order valence-electron chi connectivity index (χ4n) is 2.12. The lowest BCUT2D eigenvalue weighted by Gasteiger charge is -2.24. The molecule has 1 aromatic rings. The van der Waals surface area contributed by atoms with Crippen LogP contribution >= 0.6 is 34.8 Å². The first kappa shape index (κ1) is 22.8. The van der Waals surface area contributed by atoms with Crippen molar-refractivity contribution in [1.82, 2.24) is 5.32 Å². The summed E-state index contributed by atoms with van der Waals surface area (Å²) >= 11 is 16.9. The first-order chi connectivity index (χ1) is 12.3. The number of nitrogens with one attached hydrogen (secondary N) is 1. The van der Waals surface area contributed by atoms with Crippen molar-refractivity contribution in [2.75, 3.05) is 13.7 Å². The summed E-state index contributed by atoms with van der Waals surface area (Å²) in [7, 11) is 1.62. The maximum absolute atomic E-state index is 12.0. The van der Waals surface area contributed by atoms with Gasteiger partial charge in [0.15, 0.2) is 0 Å². The van der Waals surface area contributed by atoms with Crippen molar-refractivity contribution in [2.45, 2.75) is 29.8 Å². The van der Waals surface area contributed by atoms with Crippen molar-refractivity contribution in [3.05, 3.63) is 54.6 Å². The number of hydrogen-bond acceptors (Lipinski definition) is 3. The van der Waals surface area contributed by atoms with Gasteiger partial charge < -0.3 is 14.8 Å². The quantitative estimate of drug-likeness (QED) is 0.435. The summed E-state index contributed by atoms with van der Waals surface area (Å²) in [4.78, 5) is 12.0. The molecule has 2 atom stereocenters. The van der Waals surface area contributed by atoms with Crippen LogP contribution in [-0.2, 0) is 16.1 Å². The molecule has 0 aliphatic heterocycles. The van der Waals surface area contributed by atoms with Gasteiger partial charge in [-0.05, 0) is 24.1 Å². The van der Waals surface area contributed by atoms with Gasteiger partial charge in [0.1, 0.15) is 5.75 Å². The number of carbonyl (C=O) groups excluding carboxylic acids is 1. The minimum absolute atomic E-state index is 0.0226. The molecule has 0 aliphatic carbocycles. The highest BCUT2D eigenvalue weighted by Gasteiger charge is 2.32. The molecule has 0 unspecified atom stereocenters. The third-order valence-electron chi connectivity index (χ3n) is 3.62. The lowest BCUT2D eigenvalue weighted by Crippen LogP contribution is -2.44. The maximum atomic E-state index is 12.0. The van der Waals surface area contributed by atoms with Crippen molar-refractivity contribution < 1.29 is 14.3 Å². The molecule has 26 heavy (non-hydrogen) atoms. The Hall–Kier alpha value is -1.20. The third kappa shape index (κ3) is 8.45. The molecule has 144 valence electrons. The number of hydrogen-bond donors (Lipinski definition) is 1. The summed E-state index contributed by atoms with van der Waals surface area (Å²) < 4.78 is 8.89. The van der Waals surface area contributed by atoms with E-state index in [1.165, 1.54) is 0 Å². The molecule has 1 rings (SSSR count). The number of ether oxygens (including phenoxy) is 2. The molecular formula is C19H24Cl3NO3. The molecule has 0 saturated carbocycles. The second-order valence-corrected chi connectivity index (χ2v) is 8.07. The van der Waals surface area contributed by atoms with Crippen LogP contribution in [0.25, 0.3) is 0 Å². The van der Waals surface area contributed by atoms with Gasteiger partial charge in [-0.2, -0.15) is 0 Å². The van der Waals surface area contributed by atoms with Crippen molar-refractivity contribution in [3.63, 3.8) is 0 Å². The van der Waals surface area contributed by atoms with E-state index < -0.39 is 9.70 Å². The van der Waals surface area contributed by atoms with E-state index in [1.807, 2.05) is 43.3 Å². The lowest BCUT2D eigenvalue weighted by molar-refractivity contribution is -0.121. The Morgan fingerprint density at radius 2 is 1.96 bits per heavy atom. The standard InChI is InChI=1S/C19H24Cl3NO3/c1-4-5-6-7-17(23-18(24)19(20,21)22)14(2)12-26-13-15-8-10-16(25-3)11-9-15/h4,6-11,14,17H,1,5,12-13H2,2-3H3,(H,23,24)/b7-6+/t14-,17-/m0/s1. The van der Waals surface area contributed by atoms with Crippen molar-refractivity contribution in [1.29, 1.82) is 0 Å². The van der Waals surface area contributed by atoms with Gasteiger partial charge in [0.05, 0.1) is 26.4 Å². The van der Waals surface area contributed by atoms with Crippen molar-refractivity contribution in [2.24, 2.45) is 5.92 Å². The largest absolute Gasteiger partial charge is 0.497 e. The maximum Gasteiger partial charge on any atom is 0.272 e. The Balaban J connectivity index is 2.61. The molecule has 0 saturated heterocycles. The Kier molecular flexibility index (Phi) is 10.1. The summed E-state index contributed by atoms with van der Waals surface area (Å²) in [6.45, 7) is 6.50. The van der Waals surface area contributed by atoms with Crippen LogP contribution in [-0.4, -0.2) is 29.5 Å². The van der Waals surface area contributed by atoms with E-state index in [-0.39, 0.29) is 12.0 Å². The predicted octanol–water partition coefficient (Wildman–Crippen LogP) is 4.84. The van der Waals surface area contributed by atoms with E-state index in [9.17, 15) is 4.79 Å². The van der Waals surface area contributed by atoms with E-state index >= 15 is 0 Å². The van der Waals surface area contributed by atoms with E-state index in [1.54, 1.807) is 13.2 Å². The highest BCUT2D eigenvalue weighted by atomic mass is 35.6. The van der Waals surface area contributed by atoms with E-state index in [4.69, 9.17) is 44.3 Å². The number of benzene rings is 1. The van der Waals surface area contributed by atoms with Crippen LogP contribution in [0.15, 0.2) is 49.1 Å². The normalized spacial score (nSPS) is 14.0. The highest BCUT2D eigenvalue weighted by molar-refractivity contribution is 6.76. The molecule has 4 nitrogen and oxygen atoms in total. The predicted molar refractivity (Wildman–Crippen MR) is 108 cm³/mol. The molecule has 7 heteroatoms. The van der Waals surface area contributed by atoms with Gasteiger partial charge in [-0.15, -0.1) is 6.58 Å². The van der Waals surface area contributed by atoms with E-state index in [2.05, 4.69) is 11.9 Å². The minimum atomic E-state index is -2.01. The SMILES string of the molecule is C=CC/C=C/[C@H](NC(=O)C(Cl)(Cl)Cl)[C@@H](C)COCc1ccc(OC)cc1. The Labute approximate surface area is 170 Å². The summed E-state index contributed by atoms with van der Waals surface area (Å²) in [5.74, 6) is 0.104. The highest BCUT2D eigenvalue weighted by Crippen LogP contribution is 2.26. The third-order valence-corrected chi connectivity index (χ3v) is 4.14. The number of halogens is 3. The Morgan fingerprint density at radius 1 is 1.31 bits per heavy atom.